The summed E-state index contributed by atoms with van der Waals surface area (Å²) in [4.78, 5) is 10.6. The number of carbonyl (C=O) groups excluding carboxylic acids is 1. The zero-order valence-electron chi connectivity index (χ0n) is 6.30. The van der Waals surface area contributed by atoms with Crippen LogP contribution in [0, 0.1) is 0 Å². The Hall–Kier alpha value is -0.500. The summed E-state index contributed by atoms with van der Waals surface area (Å²) in [6.45, 7) is 0. The van der Waals surface area contributed by atoms with Crippen LogP contribution in [0.4, 0.5) is 0 Å². The molecular weight excluding hydrogens is 234 g/mol. The third-order valence-electron chi connectivity index (χ3n) is 1.22. The predicted molar refractivity (Wildman–Crippen MR) is 55.5 cm³/mol. The van der Waals surface area contributed by atoms with Crippen molar-refractivity contribution in [3.05, 3.63) is 23.8 Å². The molecule has 0 unspecified atom stereocenters. The fourth-order valence-corrected chi connectivity index (χ4v) is 0.796. The number of phenols is 2. The highest BCUT2D eigenvalue weighted by Gasteiger charge is 2.03. The van der Waals surface area contributed by atoms with Crippen LogP contribution >= 0.6 is 34.1 Å². The highest BCUT2D eigenvalue weighted by molar-refractivity contribution is 7.41. The third-order valence-corrected chi connectivity index (χ3v) is 1.48. The molecule has 0 saturated carbocycles. The first-order valence-corrected chi connectivity index (χ1v) is 3.31. The Morgan fingerprint density at radius 1 is 1.15 bits per heavy atom. The average molecular weight is 241 g/mol. The van der Waals surface area contributed by atoms with Crippen LogP contribution in [-0.2, 0) is 0 Å². The summed E-state index contributed by atoms with van der Waals surface area (Å²) in [5.41, 5.74) is -0.191. The maximum atomic E-state index is 10.6. The Morgan fingerprint density at radius 3 is 2.08 bits per heavy atom. The minimum Gasteiger partial charge on any atom is -0.504 e. The number of hydrogen-bond acceptors (Lipinski definition) is 3. The average Bonchev–Trinajstić information content (AvgIpc) is 1.94. The summed E-state index contributed by atoms with van der Waals surface area (Å²) in [6.07, 6.45) is 0. The number of carbonyl (C=O) groups is 1. The number of phenolic OH excluding ortho intramolecular Hbond substituents is 2. The lowest BCUT2D eigenvalue weighted by Gasteiger charge is -1.97. The van der Waals surface area contributed by atoms with Crippen LogP contribution < -0.4 is 0 Å². The summed E-state index contributed by atoms with van der Waals surface area (Å²) in [5.74, 6) is -0.562. The van der Waals surface area contributed by atoms with Gasteiger partial charge < -0.3 is 10.2 Å². The zero-order chi connectivity index (χ0) is 8.43. The summed E-state index contributed by atoms with van der Waals surface area (Å²) >= 11 is 0. The second-order valence-electron chi connectivity index (χ2n) is 2.01. The van der Waals surface area contributed by atoms with E-state index in [0.29, 0.717) is 0 Å². The molecule has 0 aliphatic heterocycles. The number of benzene rings is 1. The van der Waals surface area contributed by atoms with Gasteiger partial charge in [0.1, 0.15) is 0 Å². The maximum absolute atomic E-state index is 10.6. The molecule has 0 heterocycles. The first-order valence-electron chi connectivity index (χ1n) is 2.86. The van der Waals surface area contributed by atoms with Gasteiger partial charge in [-0.2, -0.15) is 0 Å². The Labute approximate surface area is 90.2 Å². The summed E-state index contributed by atoms with van der Waals surface area (Å²) in [6, 6.07) is 3.77. The van der Waals surface area contributed by atoms with Gasteiger partial charge in [-0.05, 0) is 18.2 Å². The van der Waals surface area contributed by atoms with Gasteiger partial charge in [-0.15, -0.1) is 24.8 Å². The largest absolute Gasteiger partial charge is 0.504 e. The predicted octanol–water partition coefficient (Wildman–Crippen LogP) is 2.49. The van der Waals surface area contributed by atoms with E-state index in [9.17, 15) is 4.79 Å². The second-order valence-corrected chi connectivity index (χ2v) is 2.41. The standard InChI is InChI=1S/C7H5O3P.2ClH/c8-5-2-1-4(7(10)11)3-6(5)9;;/h1-3,8-9H;2*1H. The third kappa shape index (κ3) is 3.81. The monoisotopic (exact) mass is 240 g/mol. The lowest BCUT2D eigenvalue weighted by molar-refractivity contribution is 0.108. The Morgan fingerprint density at radius 2 is 1.69 bits per heavy atom. The summed E-state index contributed by atoms with van der Waals surface area (Å²) in [7, 11) is 3.54. The fraction of sp³-hybridized carbons (Fsp3) is 0. The van der Waals surface area contributed by atoms with E-state index in [2.05, 4.69) is 9.24 Å². The minimum atomic E-state index is -0.444. The number of aromatic hydroxyl groups is 2. The molecule has 3 nitrogen and oxygen atoms in total. The molecule has 72 valence electrons. The number of rotatable bonds is 1. The molecule has 2 radical (unpaired) electrons. The quantitative estimate of drug-likeness (QED) is 0.586. The van der Waals surface area contributed by atoms with Crippen molar-refractivity contribution < 1.29 is 15.0 Å². The van der Waals surface area contributed by atoms with Crippen LogP contribution in [0.1, 0.15) is 10.4 Å². The molecule has 1 aromatic rings. The molecule has 13 heavy (non-hydrogen) atoms. The normalized spacial score (nSPS) is 8.08. The highest BCUT2D eigenvalue weighted by atomic mass is 35.5. The first kappa shape index (κ1) is 15.0. The van der Waals surface area contributed by atoms with Crippen molar-refractivity contribution in [1.29, 1.82) is 0 Å². The lowest BCUT2D eigenvalue weighted by atomic mass is 10.2. The van der Waals surface area contributed by atoms with E-state index in [4.69, 9.17) is 10.2 Å². The van der Waals surface area contributed by atoms with Gasteiger partial charge in [-0.3, -0.25) is 4.79 Å². The molecule has 0 aromatic heterocycles. The van der Waals surface area contributed by atoms with Crippen molar-refractivity contribution in [3.8, 4) is 11.5 Å². The van der Waals surface area contributed by atoms with Crippen molar-refractivity contribution in [2.75, 3.05) is 0 Å². The van der Waals surface area contributed by atoms with Gasteiger partial charge in [-0.25, -0.2) is 0 Å². The minimum absolute atomic E-state index is 0. The molecule has 0 aliphatic carbocycles. The summed E-state index contributed by atoms with van der Waals surface area (Å²) < 4.78 is 0. The molecule has 0 atom stereocenters. The van der Waals surface area contributed by atoms with Crippen LogP contribution in [0.2, 0.25) is 0 Å². The molecule has 0 bridgehead atoms. The van der Waals surface area contributed by atoms with Crippen molar-refractivity contribution >= 4 is 39.6 Å². The van der Waals surface area contributed by atoms with Gasteiger partial charge in [0.15, 0.2) is 17.0 Å². The molecule has 0 aliphatic rings. The van der Waals surface area contributed by atoms with Crippen LogP contribution in [-0.4, -0.2) is 15.7 Å². The van der Waals surface area contributed by atoms with Gasteiger partial charge in [0.05, 0.1) is 0 Å². The highest BCUT2D eigenvalue weighted by Crippen LogP contribution is 2.25. The van der Waals surface area contributed by atoms with Gasteiger partial charge in [0.25, 0.3) is 0 Å². The van der Waals surface area contributed by atoms with E-state index < -0.39 is 5.52 Å². The van der Waals surface area contributed by atoms with Crippen molar-refractivity contribution in [2.45, 2.75) is 0 Å². The fourth-order valence-electron chi connectivity index (χ4n) is 0.656. The van der Waals surface area contributed by atoms with Gasteiger partial charge >= 0.3 is 0 Å². The van der Waals surface area contributed by atoms with Gasteiger partial charge in [0, 0.05) is 14.8 Å². The Bertz CT molecular complexity index is 304. The molecule has 6 heteroatoms. The first-order chi connectivity index (χ1) is 5.11. The van der Waals surface area contributed by atoms with E-state index in [1.54, 1.807) is 0 Å². The van der Waals surface area contributed by atoms with Gasteiger partial charge in [-0.1, -0.05) is 0 Å². The SMILES string of the molecule is Cl.Cl.O=C([P])c1ccc(O)c(O)c1. The second kappa shape index (κ2) is 6.03. The number of halogens is 2. The van der Waals surface area contributed by atoms with Crippen LogP contribution in [0.3, 0.4) is 0 Å². The van der Waals surface area contributed by atoms with Crippen LogP contribution in [0.5, 0.6) is 11.5 Å². The van der Waals surface area contributed by atoms with Crippen molar-refractivity contribution in [2.24, 2.45) is 0 Å². The lowest BCUT2D eigenvalue weighted by Crippen LogP contribution is -1.85. The number of hydrogen-bond donors (Lipinski definition) is 2. The smallest absolute Gasteiger partial charge is 0.194 e. The molecule has 1 rings (SSSR count). The molecule has 1 aromatic carbocycles. The van der Waals surface area contributed by atoms with E-state index in [1.807, 2.05) is 0 Å². The molecule has 0 fully saturated rings. The molecular formula is C7H7Cl2O3P. The molecule has 0 amide bonds. The van der Waals surface area contributed by atoms with E-state index in [-0.39, 0.29) is 41.9 Å². The molecule has 0 spiro atoms. The summed E-state index contributed by atoms with van der Waals surface area (Å²) in [5, 5.41) is 17.8. The van der Waals surface area contributed by atoms with E-state index >= 15 is 0 Å². The van der Waals surface area contributed by atoms with E-state index in [1.165, 1.54) is 12.1 Å². The maximum Gasteiger partial charge on any atom is 0.194 e. The topological polar surface area (TPSA) is 57.5 Å². The Kier molecular flexibility index (Phi) is 6.96. The van der Waals surface area contributed by atoms with E-state index in [0.717, 1.165) is 6.07 Å². The zero-order valence-corrected chi connectivity index (χ0v) is 8.83. The van der Waals surface area contributed by atoms with Crippen molar-refractivity contribution in [3.63, 3.8) is 0 Å². The molecule has 2 N–H and O–H groups in total. The van der Waals surface area contributed by atoms with Crippen molar-refractivity contribution in [1.82, 2.24) is 0 Å². The van der Waals surface area contributed by atoms with Crippen LogP contribution in [0.25, 0.3) is 0 Å². The Balaban J connectivity index is 0. The van der Waals surface area contributed by atoms with Crippen LogP contribution in [0.15, 0.2) is 18.2 Å². The van der Waals surface area contributed by atoms with Gasteiger partial charge in [0.2, 0.25) is 0 Å². The molecule has 0 saturated heterocycles.